The molecule has 0 unspecified atom stereocenters. The van der Waals surface area contributed by atoms with Crippen molar-refractivity contribution in [2.45, 2.75) is 24.8 Å². The van der Waals surface area contributed by atoms with Gasteiger partial charge in [-0.1, -0.05) is 23.2 Å². The zero-order valence-corrected chi connectivity index (χ0v) is 19.5. The largest absolute Gasteiger partial charge is 0.298 e. The minimum absolute atomic E-state index is 0.129. The van der Waals surface area contributed by atoms with Gasteiger partial charge in [0.2, 0.25) is 10.0 Å². The summed E-state index contributed by atoms with van der Waals surface area (Å²) >= 11 is 13.4. The number of amides is 1. The van der Waals surface area contributed by atoms with E-state index in [-0.39, 0.29) is 16.8 Å². The number of anilines is 1. The molecular weight excluding hydrogens is 465 g/mol. The maximum Gasteiger partial charge on any atom is 0.257 e. The van der Waals surface area contributed by atoms with E-state index in [0.717, 1.165) is 0 Å². The minimum Gasteiger partial charge on any atom is -0.298 e. The Balaban J connectivity index is 1.75. The molecule has 0 aliphatic heterocycles. The van der Waals surface area contributed by atoms with Crippen LogP contribution in [0.15, 0.2) is 52.7 Å². The third-order valence-electron chi connectivity index (χ3n) is 4.45. The highest BCUT2D eigenvalue weighted by molar-refractivity contribution is 7.89. The summed E-state index contributed by atoms with van der Waals surface area (Å²) in [7, 11) is -2.08. The lowest BCUT2D eigenvalue weighted by Gasteiger charge is -2.20. The second-order valence-electron chi connectivity index (χ2n) is 6.76. The quantitative estimate of drug-likeness (QED) is 0.508. The molecule has 0 saturated carbocycles. The van der Waals surface area contributed by atoms with E-state index < -0.39 is 10.0 Å². The average Bonchev–Trinajstić information content (AvgIpc) is 3.15. The van der Waals surface area contributed by atoms with Gasteiger partial charge < -0.3 is 0 Å². The maximum atomic E-state index is 12.5. The molecule has 3 rings (SSSR count). The lowest BCUT2D eigenvalue weighted by atomic mass is 10.2. The Labute approximate surface area is 189 Å². The summed E-state index contributed by atoms with van der Waals surface area (Å²) in [6.45, 7) is 3.58. The van der Waals surface area contributed by atoms with Crippen LogP contribution < -0.4 is 5.32 Å². The Kier molecular flexibility index (Phi) is 6.84. The number of carbonyl (C=O) groups is 1. The summed E-state index contributed by atoms with van der Waals surface area (Å²) in [5, 5.41) is 5.89. The Morgan fingerprint density at radius 3 is 2.40 bits per heavy atom. The molecule has 1 N–H and O–H groups in total. The van der Waals surface area contributed by atoms with Crippen LogP contribution in [0.4, 0.5) is 5.13 Å². The summed E-state index contributed by atoms with van der Waals surface area (Å²) in [5.41, 5.74) is 1.65. The molecule has 2 aromatic carbocycles. The predicted octanol–water partition coefficient (Wildman–Crippen LogP) is 5.40. The number of sulfonamides is 1. The molecule has 6 nitrogen and oxygen atoms in total. The zero-order valence-electron chi connectivity index (χ0n) is 16.4. The molecule has 0 aliphatic carbocycles. The van der Waals surface area contributed by atoms with Crippen molar-refractivity contribution in [1.29, 1.82) is 0 Å². The molecule has 1 aromatic heterocycles. The van der Waals surface area contributed by atoms with Crippen LogP contribution in [-0.2, 0) is 10.0 Å². The number of nitrogens with zero attached hydrogens (tertiary/aromatic N) is 2. The molecule has 0 radical (unpaired) electrons. The number of carbonyl (C=O) groups excluding carboxylic acids is 1. The fraction of sp³-hybridized carbons (Fsp3) is 0.200. The monoisotopic (exact) mass is 483 g/mol. The number of hydrogen-bond acceptors (Lipinski definition) is 5. The first-order chi connectivity index (χ1) is 14.1. The van der Waals surface area contributed by atoms with Gasteiger partial charge in [-0.15, -0.1) is 11.3 Å². The highest BCUT2D eigenvalue weighted by atomic mass is 35.5. The highest BCUT2D eigenvalue weighted by Crippen LogP contribution is 2.32. The van der Waals surface area contributed by atoms with Crippen LogP contribution in [0.5, 0.6) is 0 Å². The SMILES string of the molecule is CC(C)N(C)S(=O)(=O)c1ccc(C(=O)Nc2nc(-c3ccc(Cl)cc3Cl)cs2)cc1. The fourth-order valence-electron chi connectivity index (χ4n) is 2.54. The summed E-state index contributed by atoms with van der Waals surface area (Å²) in [6, 6.07) is 10.7. The van der Waals surface area contributed by atoms with Crippen LogP contribution in [0.3, 0.4) is 0 Å². The van der Waals surface area contributed by atoms with Gasteiger partial charge in [-0.3, -0.25) is 10.1 Å². The molecule has 1 heterocycles. The van der Waals surface area contributed by atoms with Gasteiger partial charge >= 0.3 is 0 Å². The first-order valence-electron chi connectivity index (χ1n) is 8.90. The summed E-state index contributed by atoms with van der Waals surface area (Å²) < 4.78 is 26.3. The summed E-state index contributed by atoms with van der Waals surface area (Å²) in [4.78, 5) is 17.0. The van der Waals surface area contributed by atoms with Gasteiger partial charge in [0.25, 0.3) is 5.91 Å². The Morgan fingerprint density at radius 1 is 1.13 bits per heavy atom. The number of benzene rings is 2. The molecule has 3 aromatic rings. The van der Waals surface area contributed by atoms with Crippen LogP contribution in [0.2, 0.25) is 10.0 Å². The van der Waals surface area contributed by atoms with Crippen LogP contribution in [0.25, 0.3) is 11.3 Å². The molecule has 0 fully saturated rings. The fourth-order valence-corrected chi connectivity index (χ4v) is 5.12. The smallest absolute Gasteiger partial charge is 0.257 e. The molecule has 0 atom stereocenters. The van der Waals surface area contributed by atoms with Crippen molar-refractivity contribution >= 4 is 55.6 Å². The molecular formula is C20H19Cl2N3O3S2. The van der Waals surface area contributed by atoms with Crippen molar-refractivity contribution in [2.75, 3.05) is 12.4 Å². The van der Waals surface area contributed by atoms with Gasteiger partial charge in [-0.2, -0.15) is 4.31 Å². The third kappa shape index (κ3) is 4.84. The highest BCUT2D eigenvalue weighted by Gasteiger charge is 2.23. The lowest BCUT2D eigenvalue weighted by Crippen LogP contribution is -2.33. The maximum absolute atomic E-state index is 12.5. The average molecular weight is 484 g/mol. The van der Waals surface area contributed by atoms with E-state index in [1.54, 1.807) is 37.4 Å². The number of nitrogens with one attached hydrogen (secondary N) is 1. The van der Waals surface area contributed by atoms with Gasteiger partial charge in [0.05, 0.1) is 15.6 Å². The van der Waals surface area contributed by atoms with E-state index in [1.165, 1.54) is 47.0 Å². The summed E-state index contributed by atoms with van der Waals surface area (Å²) in [6.07, 6.45) is 0. The van der Waals surface area contributed by atoms with Crippen molar-refractivity contribution in [3.05, 3.63) is 63.5 Å². The molecule has 0 aliphatic rings. The van der Waals surface area contributed by atoms with Gasteiger partial charge in [0.15, 0.2) is 5.13 Å². The van der Waals surface area contributed by atoms with Crippen molar-refractivity contribution in [3.63, 3.8) is 0 Å². The molecule has 0 bridgehead atoms. The van der Waals surface area contributed by atoms with E-state index in [9.17, 15) is 13.2 Å². The van der Waals surface area contributed by atoms with E-state index >= 15 is 0 Å². The molecule has 10 heteroatoms. The molecule has 0 saturated heterocycles. The van der Waals surface area contributed by atoms with E-state index in [4.69, 9.17) is 23.2 Å². The third-order valence-corrected chi connectivity index (χ3v) is 7.81. The number of halogens is 2. The van der Waals surface area contributed by atoms with Crippen molar-refractivity contribution in [1.82, 2.24) is 9.29 Å². The second-order valence-corrected chi connectivity index (χ2v) is 10.5. The standard InChI is InChI=1S/C20H19Cl2N3O3S2/c1-12(2)25(3)30(27,28)15-7-4-13(5-8-15)19(26)24-20-23-18(11-29-20)16-9-6-14(21)10-17(16)22/h4-12H,1-3H3,(H,23,24,26). The van der Waals surface area contributed by atoms with Crippen molar-refractivity contribution < 1.29 is 13.2 Å². The number of aromatic nitrogens is 1. The molecule has 158 valence electrons. The van der Waals surface area contributed by atoms with Gasteiger partial charge in [0.1, 0.15) is 0 Å². The summed E-state index contributed by atoms with van der Waals surface area (Å²) in [5.74, 6) is -0.390. The van der Waals surface area contributed by atoms with E-state index in [1.807, 2.05) is 0 Å². The minimum atomic E-state index is -3.60. The van der Waals surface area contributed by atoms with E-state index in [0.29, 0.717) is 32.0 Å². The molecule has 0 spiro atoms. The van der Waals surface area contributed by atoms with Gasteiger partial charge in [0, 0.05) is 34.6 Å². The molecule has 30 heavy (non-hydrogen) atoms. The van der Waals surface area contributed by atoms with Crippen LogP contribution >= 0.6 is 34.5 Å². The Bertz CT molecular complexity index is 1180. The Morgan fingerprint density at radius 2 is 1.80 bits per heavy atom. The van der Waals surface area contributed by atoms with Gasteiger partial charge in [-0.25, -0.2) is 13.4 Å². The van der Waals surface area contributed by atoms with Crippen molar-refractivity contribution in [3.8, 4) is 11.3 Å². The lowest BCUT2D eigenvalue weighted by molar-refractivity contribution is 0.102. The topological polar surface area (TPSA) is 79.4 Å². The van der Waals surface area contributed by atoms with Crippen LogP contribution in [0, 0.1) is 0 Å². The molecule has 1 amide bonds. The van der Waals surface area contributed by atoms with Gasteiger partial charge in [-0.05, 0) is 56.3 Å². The van der Waals surface area contributed by atoms with E-state index in [2.05, 4.69) is 10.3 Å². The second kappa shape index (κ2) is 9.03. The Hall–Kier alpha value is -1.97. The number of thiazole rings is 1. The zero-order chi connectivity index (χ0) is 22.1. The first kappa shape index (κ1) is 22.7. The number of hydrogen-bond donors (Lipinski definition) is 1. The van der Waals surface area contributed by atoms with Crippen LogP contribution in [0.1, 0.15) is 24.2 Å². The normalized spacial score (nSPS) is 11.8. The van der Waals surface area contributed by atoms with Crippen molar-refractivity contribution in [2.24, 2.45) is 0 Å². The van der Waals surface area contributed by atoms with Crippen LogP contribution in [-0.4, -0.2) is 36.7 Å². The first-order valence-corrected chi connectivity index (χ1v) is 12.0. The predicted molar refractivity (Wildman–Crippen MR) is 122 cm³/mol. The number of rotatable bonds is 6.